The predicted octanol–water partition coefficient (Wildman–Crippen LogP) is 7.69. The largest absolute Gasteiger partial charge is 0.505 e. The Labute approximate surface area is 472 Å². The van der Waals surface area contributed by atoms with Gasteiger partial charge in [0.2, 0.25) is 5.78 Å². The van der Waals surface area contributed by atoms with E-state index < -0.39 is 125 Å². The molecule has 0 heterocycles. The second kappa shape index (κ2) is 19.4. The number of rotatable bonds is 10. The summed E-state index contributed by atoms with van der Waals surface area (Å²) in [7, 11) is 0. The fourth-order valence-electron chi connectivity index (χ4n) is 18.4. The maximum atomic E-state index is 14.3. The van der Waals surface area contributed by atoms with Crippen molar-refractivity contribution >= 4 is 46.6 Å². The number of hydrogen-bond donors (Lipinski definition) is 6. The van der Waals surface area contributed by atoms with Crippen molar-refractivity contribution in [1.82, 2.24) is 0 Å². The van der Waals surface area contributed by atoms with E-state index in [1.54, 1.807) is 41.5 Å². The summed E-state index contributed by atoms with van der Waals surface area (Å²) in [6.45, 7) is 30.7. The van der Waals surface area contributed by atoms with Gasteiger partial charge in [0.05, 0.1) is 17.6 Å². The molecule has 8 aliphatic carbocycles. The van der Waals surface area contributed by atoms with Crippen molar-refractivity contribution < 1.29 is 78.5 Å². The molecule has 16 heteroatoms. The minimum atomic E-state index is -2.00. The van der Waals surface area contributed by atoms with Gasteiger partial charge in [0.15, 0.2) is 23.1 Å². The summed E-state index contributed by atoms with van der Waals surface area (Å²) >= 11 is 0. The number of esters is 2. The zero-order chi connectivity index (χ0) is 60.9. The Morgan fingerprint density at radius 2 is 0.975 bits per heavy atom. The lowest BCUT2D eigenvalue weighted by molar-refractivity contribution is -0.183. The van der Waals surface area contributed by atoms with Crippen LogP contribution in [0, 0.1) is 78.8 Å². The Morgan fingerprint density at radius 3 is 1.39 bits per heavy atom. The van der Waals surface area contributed by atoms with Crippen LogP contribution in [-0.4, -0.2) is 118 Å². The lowest BCUT2D eigenvalue weighted by Gasteiger charge is -2.64. The number of carbonyl (C=O) groups excluding carboxylic acids is 8. The van der Waals surface area contributed by atoms with Crippen LogP contribution in [0.25, 0.3) is 0 Å². The zero-order valence-electron chi connectivity index (χ0n) is 50.5. The van der Waals surface area contributed by atoms with Crippen LogP contribution in [0.15, 0.2) is 59.4 Å². The van der Waals surface area contributed by atoms with Crippen molar-refractivity contribution in [3.63, 3.8) is 0 Å². The summed E-state index contributed by atoms with van der Waals surface area (Å²) < 4.78 is 10.5. The van der Waals surface area contributed by atoms with Crippen LogP contribution in [0.5, 0.6) is 0 Å². The van der Waals surface area contributed by atoms with Crippen LogP contribution in [0.1, 0.15) is 170 Å². The van der Waals surface area contributed by atoms with E-state index in [-0.39, 0.29) is 72.3 Å². The molecule has 442 valence electrons. The molecule has 6 N–H and O–H groups in total. The average molecular weight is 1120 g/mol. The topological polar surface area (TPSA) is 276 Å². The maximum Gasteiger partial charge on any atom is 0.303 e. The molecule has 0 saturated heterocycles. The van der Waals surface area contributed by atoms with Gasteiger partial charge in [-0.2, -0.15) is 0 Å². The van der Waals surface area contributed by atoms with E-state index in [2.05, 4.69) is 13.0 Å². The van der Waals surface area contributed by atoms with Gasteiger partial charge < -0.3 is 40.1 Å². The molecule has 5 fully saturated rings. The molecular weight excluding hydrogens is 1020 g/mol. The van der Waals surface area contributed by atoms with Gasteiger partial charge in [0.1, 0.15) is 40.1 Å². The number of aliphatic hydroxyl groups is 6. The van der Waals surface area contributed by atoms with Crippen molar-refractivity contribution in [1.29, 1.82) is 0 Å². The third-order valence-corrected chi connectivity index (χ3v) is 22.7. The summed E-state index contributed by atoms with van der Waals surface area (Å²) in [5, 5.41) is 67.8. The van der Waals surface area contributed by atoms with Gasteiger partial charge in [-0.05, 0) is 171 Å². The third-order valence-electron chi connectivity index (χ3n) is 22.7. The number of ketones is 6. The number of ether oxygens (including phenoxy) is 2. The molecular formula is C64H90O16. The molecule has 80 heavy (non-hydrogen) atoms. The standard InChI is InChI=1S/C32H46O8.C32H44O8/c2*1-17(33)40-27(2,3)13-12-23(36)32(9,39)25-21(35)15-29(6)22-11-10-18-19(14-20(34)26(38)28(18,4)5)31(22,8)24(37)16-30(25,29)7/h10,12-13,19-22,25,34-35,39H,11,14-16H2,1-9H3;10,12-14,19,21-22,25,34-35,39H,11,15-16H2,1-9H3/t19-,20-,21+,22-,25-,29-,30+,31-,32-;19-,21+,22-,25-,29-,30+,31-,32-/m00/s1. The molecule has 0 aromatic rings. The first-order valence-electron chi connectivity index (χ1n) is 28.5. The number of aliphatic hydroxyl groups excluding tert-OH is 4. The summed E-state index contributed by atoms with van der Waals surface area (Å²) in [6, 6.07) is 0. The third kappa shape index (κ3) is 9.08. The number of allylic oxidation sites excluding steroid dienone is 6. The van der Waals surface area contributed by atoms with Crippen molar-refractivity contribution in [3.8, 4) is 0 Å². The Kier molecular flexibility index (Phi) is 15.3. The van der Waals surface area contributed by atoms with Crippen LogP contribution >= 0.6 is 0 Å². The van der Waals surface area contributed by atoms with E-state index in [0.29, 0.717) is 19.3 Å². The first-order chi connectivity index (χ1) is 36.1. The number of Topliss-reactive ketones (excluding diaryl/α,β-unsaturated/α-hetero) is 4. The molecule has 0 amide bonds. The molecule has 0 radical (unpaired) electrons. The van der Waals surface area contributed by atoms with Crippen LogP contribution in [0.2, 0.25) is 0 Å². The highest BCUT2D eigenvalue weighted by atomic mass is 16.6. The first-order valence-corrected chi connectivity index (χ1v) is 28.5. The molecule has 0 unspecified atom stereocenters. The Morgan fingerprint density at radius 1 is 0.588 bits per heavy atom. The van der Waals surface area contributed by atoms with Gasteiger partial charge in [-0.3, -0.25) is 38.4 Å². The molecule has 0 aliphatic heterocycles. The summed E-state index contributed by atoms with van der Waals surface area (Å²) in [4.78, 5) is 104. The molecule has 0 aromatic carbocycles. The van der Waals surface area contributed by atoms with E-state index in [1.807, 2.05) is 54.5 Å². The molecule has 8 rings (SSSR count). The SMILES string of the molecule is CC(=O)OC(C)(C)C=CC(=O)[C@](C)(O)[C@H]1[C@H](O)C[C@@]2(C)[C@@H]3CC=C4[C@H](C=C(O)C(=O)C4(C)C)[C@]3(C)C(=O)C[C@]12C.CC(=O)OC(C)(C)C=CC(=O)[C@](C)(O)[C@H]1[C@H](O)C[C@@]2(C)[C@@H]3CC=C4[C@H](C[C@H](O)C(=O)C4(C)C)[C@]3(C)C(=O)C[C@]12C. The number of fused-ring (bicyclic) bond motifs is 10. The first kappa shape index (κ1) is 62.9. The van der Waals surface area contributed by atoms with Crippen molar-refractivity contribution in [3.05, 3.63) is 59.4 Å². The molecule has 5 saturated carbocycles. The van der Waals surface area contributed by atoms with Gasteiger partial charge in [-0.25, -0.2) is 0 Å². The van der Waals surface area contributed by atoms with E-state index in [1.165, 1.54) is 58.1 Å². The van der Waals surface area contributed by atoms with E-state index >= 15 is 0 Å². The molecule has 17 atom stereocenters. The van der Waals surface area contributed by atoms with Gasteiger partial charge in [0.25, 0.3) is 0 Å². The van der Waals surface area contributed by atoms with Crippen LogP contribution in [0.3, 0.4) is 0 Å². The second-order valence-electron chi connectivity index (χ2n) is 29.2. The smallest absolute Gasteiger partial charge is 0.303 e. The monoisotopic (exact) mass is 1110 g/mol. The molecule has 0 aromatic heterocycles. The Bertz CT molecular complexity index is 2850. The molecule has 8 aliphatic rings. The van der Waals surface area contributed by atoms with Gasteiger partial charge in [0, 0.05) is 60.7 Å². The molecule has 16 nitrogen and oxygen atoms in total. The highest BCUT2D eigenvalue weighted by Gasteiger charge is 2.76. The van der Waals surface area contributed by atoms with Crippen molar-refractivity contribution in [2.45, 2.75) is 210 Å². The lowest BCUT2D eigenvalue weighted by Crippen LogP contribution is -2.65. The summed E-state index contributed by atoms with van der Waals surface area (Å²) in [6.07, 6.45) is 9.44. The minimum absolute atomic E-state index is 0.0249. The maximum absolute atomic E-state index is 14.3. The second-order valence-corrected chi connectivity index (χ2v) is 29.2. The average Bonchev–Trinajstić information content (AvgIpc) is 3.65. The zero-order valence-corrected chi connectivity index (χ0v) is 50.5. The summed E-state index contributed by atoms with van der Waals surface area (Å²) in [5.74, 6) is -6.46. The Balaban J connectivity index is 0.000000231. The van der Waals surface area contributed by atoms with Crippen molar-refractivity contribution in [2.75, 3.05) is 0 Å². The van der Waals surface area contributed by atoms with E-state index in [0.717, 1.165) is 11.1 Å². The van der Waals surface area contributed by atoms with E-state index in [4.69, 9.17) is 9.47 Å². The van der Waals surface area contributed by atoms with Gasteiger partial charge in [-0.1, -0.05) is 64.8 Å². The van der Waals surface area contributed by atoms with Crippen LogP contribution < -0.4 is 0 Å². The quantitative estimate of drug-likeness (QED) is 0.0695. The normalized spacial score (nSPS) is 41.4. The van der Waals surface area contributed by atoms with Crippen LogP contribution in [-0.2, 0) is 47.8 Å². The molecule has 0 bridgehead atoms. The minimum Gasteiger partial charge on any atom is -0.505 e. The fourth-order valence-corrected chi connectivity index (χ4v) is 18.4. The number of hydrogen-bond acceptors (Lipinski definition) is 16. The highest BCUT2D eigenvalue weighted by molar-refractivity contribution is 6.02. The van der Waals surface area contributed by atoms with Crippen molar-refractivity contribution in [2.24, 2.45) is 78.8 Å². The van der Waals surface area contributed by atoms with Gasteiger partial charge in [-0.15, -0.1) is 0 Å². The van der Waals surface area contributed by atoms with E-state index in [9.17, 15) is 69.0 Å². The summed E-state index contributed by atoms with van der Waals surface area (Å²) in [5.41, 5.74) is -11.1. The highest BCUT2D eigenvalue weighted by Crippen LogP contribution is 2.76. The lowest BCUT2D eigenvalue weighted by atomic mass is 9.38. The molecule has 0 spiro atoms. The van der Waals surface area contributed by atoms with Gasteiger partial charge >= 0.3 is 11.9 Å². The van der Waals surface area contributed by atoms with Crippen LogP contribution in [0.4, 0.5) is 0 Å². The predicted molar refractivity (Wildman–Crippen MR) is 296 cm³/mol. The number of carbonyl (C=O) groups is 8. The fraction of sp³-hybridized carbons (Fsp3) is 0.719. The Hall–Kier alpha value is -4.74.